The molecule has 108 valence electrons. The average molecular weight is 279 g/mol. The molecule has 2 aromatic rings. The maximum Gasteiger partial charge on any atom is 0.152 e. The second kappa shape index (κ2) is 5.71. The van der Waals surface area contributed by atoms with E-state index >= 15 is 0 Å². The van der Waals surface area contributed by atoms with Crippen molar-refractivity contribution in [2.75, 3.05) is 7.05 Å². The molecule has 0 saturated heterocycles. The minimum atomic E-state index is -0.594. The molecule has 20 heavy (non-hydrogen) atoms. The number of aryl methyl sites for hydroxylation is 1. The maximum absolute atomic E-state index is 14.2. The number of hydrogen-bond donors (Lipinski definition) is 1. The lowest BCUT2D eigenvalue weighted by Gasteiger charge is -2.10. The normalized spacial score (nSPS) is 11.1. The Bertz CT molecular complexity index is 609. The van der Waals surface area contributed by atoms with Gasteiger partial charge < -0.3 is 5.32 Å². The van der Waals surface area contributed by atoms with Crippen molar-refractivity contribution in [1.82, 2.24) is 15.1 Å². The molecule has 0 atom stereocenters. The minimum Gasteiger partial charge on any atom is -0.316 e. The summed E-state index contributed by atoms with van der Waals surface area (Å²) in [6, 6.07) is 2.69. The molecule has 0 saturated carbocycles. The Balaban J connectivity index is 2.59. The predicted molar refractivity (Wildman–Crippen MR) is 75.1 cm³/mol. The summed E-state index contributed by atoms with van der Waals surface area (Å²) >= 11 is 0. The molecule has 0 aliphatic heterocycles. The van der Waals surface area contributed by atoms with Crippen LogP contribution >= 0.6 is 0 Å². The zero-order chi connectivity index (χ0) is 14.9. The number of rotatable bonds is 4. The largest absolute Gasteiger partial charge is 0.316 e. The smallest absolute Gasteiger partial charge is 0.152 e. The molecule has 0 amide bonds. The highest BCUT2D eigenvalue weighted by molar-refractivity contribution is 5.41. The van der Waals surface area contributed by atoms with Crippen LogP contribution in [0.1, 0.15) is 29.4 Å². The van der Waals surface area contributed by atoms with Gasteiger partial charge in [-0.3, -0.25) is 0 Å². The van der Waals surface area contributed by atoms with E-state index in [1.165, 1.54) is 16.8 Å². The molecule has 0 radical (unpaired) electrons. The van der Waals surface area contributed by atoms with Crippen molar-refractivity contribution in [2.45, 2.75) is 33.7 Å². The number of aromatic nitrogens is 2. The third-order valence-corrected chi connectivity index (χ3v) is 3.46. The van der Waals surface area contributed by atoms with Crippen molar-refractivity contribution < 1.29 is 8.78 Å². The van der Waals surface area contributed by atoms with Gasteiger partial charge in [0.25, 0.3) is 0 Å². The van der Waals surface area contributed by atoms with Gasteiger partial charge in [-0.1, -0.05) is 6.92 Å². The van der Waals surface area contributed by atoms with E-state index in [9.17, 15) is 8.78 Å². The van der Waals surface area contributed by atoms with Gasteiger partial charge in [0, 0.05) is 12.2 Å². The first-order valence-electron chi connectivity index (χ1n) is 6.67. The van der Waals surface area contributed by atoms with Crippen LogP contribution in [0.15, 0.2) is 12.1 Å². The Morgan fingerprint density at radius 2 is 1.80 bits per heavy atom. The molecule has 1 heterocycles. The number of nitrogens with zero attached hydrogens (tertiary/aromatic N) is 2. The molecular weight excluding hydrogens is 260 g/mol. The summed E-state index contributed by atoms with van der Waals surface area (Å²) < 4.78 is 29.8. The summed E-state index contributed by atoms with van der Waals surface area (Å²) in [6.45, 7) is 6.11. The van der Waals surface area contributed by atoms with Crippen molar-refractivity contribution in [3.63, 3.8) is 0 Å². The van der Waals surface area contributed by atoms with Gasteiger partial charge >= 0.3 is 0 Å². The predicted octanol–water partition coefficient (Wildman–Crippen LogP) is 3.05. The van der Waals surface area contributed by atoms with Gasteiger partial charge in [-0.2, -0.15) is 5.10 Å². The van der Waals surface area contributed by atoms with Crippen molar-refractivity contribution >= 4 is 0 Å². The molecule has 0 aliphatic rings. The van der Waals surface area contributed by atoms with E-state index in [1.54, 1.807) is 7.05 Å². The Morgan fingerprint density at radius 3 is 2.25 bits per heavy atom. The average Bonchev–Trinajstić information content (AvgIpc) is 2.64. The molecule has 0 unspecified atom stereocenters. The standard InChI is InChI=1S/C15H19F2N3/c1-5-12-9(2)19-20(10(12)3)15-13(16)6-11(8-18-4)7-14(15)17/h6-7,18H,5,8H2,1-4H3. The van der Waals surface area contributed by atoms with Crippen LogP contribution in [-0.2, 0) is 13.0 Å². The first-order valence-corrected chi connectivity index (χ1v) is 6.67. The maximum atomic E-state index is 14.2. The quantitative estimate of drug-likeness (QED) is 0.932. The van der Waals surface area contributed by atoms with E-state index < -0.39 is 11.6 Å². The zero-order valence-electron chi connectivity index (χ0n) is 12.2. The van der Waals surface area contributed by atoms with Crippen molar-refractivity contribution in [1.29, 1.82) is 0 Å². The highest BCUT2D eigenvalue weighted by atomic mass is 19.1. The molecular formula is C15H19F2N3. The van der Waals surface area contributed by atoms with Crippen LogP contribution in [0.2, 0.25) is 0 Å². The fraction of sp³-hybridized carbons (Fsp3) is 0.400. The topological polar surface area (TPSA) is 29.9 Å². The van der Waals surface area contributed by atoms with Crippen LogP contribution in [-0.4, -0.2) is 16.8 Å². The fourth-order valence-corrected chi connectivity index (χ4v) is 2.53. The van der Waals surface area contributed by atoms with Gasteiger partial charge in [0.15, 0.2) is 11.6 Å². The molecule has 0 spiro atoms. The van der Waals surface area contributed by atoms with Gasteiger partial charge in [0.1, 0.15) is 5.69 Å². The monoisotopic (exact) mass is 279 g/mol. The summed E-state index contributed by atoms with van der Waals surface area (Å²) in [4.78, 5) is 0. The lowest BCUT2D eigenvalue weighted by atomic mass is 10.1. The van der Waals surface area contributed by atoms with Gasteiger partial charge in [-0.25, -0.2) is 13.5 Å². The summed E-state index contributed by atoms with van der Waals surface area (Å²) in [6.07, 6.45) is 0.790. The fourth-order valence-electron chi connectivity index (χ4n) is 2.53. The van der Waals surface area contributed by atoms with Gasteiger partial charge in [-0.05, 0) is 50.6 Å². The number of benzene rings is 1. The number of nitrogens with one attached hydrogen (secondary N) is 1. The summed E-state index contributed by atoms with van der Waals surface area (Å²) in [5.41, 5.74) is 3.09. The van der Waals surface area contributed by atoms with E-state index in [1.807, 2.05) is 20.8 Å². The minimum absolute atomic E-state index is 0.106. The van der Waals surface area contributed by atoms with Crippen molar-refractivity contribution in [2.24, 2.45) is 0 Å². The molecule has 5 heteroatoms. The third kappa shape index (κ3) is 2.45. The highest BCUT2D eigenvalue weighted by Crippen LogP contribution is 2.24. The molecule has 1 aromatic heterocycles. The molecule has 1 N–H and O–H groups in total. The van der Waals surface area contributed by atoms with E-state index in [4.69, 9.17) is 0 Å². The van der Waals surface area contributed by atoms with Crippen LogP contribution in [0.4, 0.5) is 8.78 Å². The van der Waals surface area contributed by atoms with E-state index in [0.29, 0.717) is 12.1 Å². The Labute approximate surface area is 117 Å². The Hall–Kier alpha value is -1.75. The van der Waals surface area contributed by atoms with Crippen LogP contribution in [0.25, 0.3) is 5.69 Å². The van der Waals surface area contributed by atoms with Gasteiger partial charge in [0.05, 0.1) is 5.69 Å². The summed E-state index contributed by atoms with van der Waals surface area (Å²) in [5.74, 6) is -1.19. The number of hydrogen-bond acceptors (Lipinski definition) is 2. The lowest BCUT2D eigenvalue weighted by molar-refractivity contribution is 0.552. The van der Waals surface area contributed by atoms with Crippen molar-refractivity contribution in [3.8, 4) is 5.69 Å². The zero-order valence-corrected chi connectivity index (χ0v) is 12.2. The molecule has 1 aromatic carbocycles. The van der Waals surface area contributed by atoms with Crippen LogP contribution in [0.3, 0.4) is 0 Å². The molecule has 0 fully saturated rings. The third-order valence-electron chi connectivity index (χ3n) is 3.46. The molecule has 2 rings (SSSR count). The molecule has 3 nitrogen and oxygen atoms in total. The summed E-state index contributed by atoms with van der Waals surface area (Å²) in [5, 5.41) is 7.15. The second-order valence-electron chi connectivity index (χ2n) is 4.85. The van der Waals surface area contributed by atoms with E-state index in [0.717, 1.165) is 23.4 Å². The first-order chi connectivity index (χ1) is 9.49. The Morgan fingerprint density at radius 1 is 1.20 bits per heavy atom. The molecule has 0 bridgehead atoms. The number of halogens is 2. The van der Waals surface area contributed by atoms with E-state index in [-0.39, 0.29) is 5.69 Å². The summed E-state index contributed by atoms with van der Waals surface area (Å²) in [7, 11) is 1.73. The van der Waals surface area contributed by atoms with Crippen LogP contribution in [0, 0.1) is 25.5 Å². The van der Waals surface area contributed by atoms with E-state index in [2.05, 4.69) is 10.4 Å². The van der Waals surface area contributed by atoms with Crippen LogP contribution in [0.5, 0.6) is 0 Å². The SMILES string of the molecule is CCc1c(C)nn(-c2c(F)cc(CNC)cc2F)c1C. The first kappa shape index (κ1) is 14.7. The highest BCUT2D eigenvalue weighted by Gasteiger charge is 2.18. The van der Waals surface area contributed by atoms with Crippen LogP contribution < -0.4 is 5.32 Å². The second-order valence-corrected chi connectivity index (χ2v) is 4.85. The Kier molecular flexibility index (Phi) is 4.18. The van der Waals surface area contributed by atoms with Gasteiger partial charge in [-0.15, -0.1) is 0 Å². The lowest BCUT2D eigenvalue weighted by Crippen LogP contribution is -2.10. The van der Waals surface area contributed by atoms with Gasteiger partial charge in [0.2, 0.25) is 0 Å². The molecule has 0 aliphatic carbocycles. The van der Waals surface area contributed by atoms with Crippen molar-refractivity contribution in [3.05, 3.63) is 46.3 Å².